The zero-order valence-electron chi connectivity index (χ0n) is 5.16. The van der Waals surface area contributed by atoms with Crippen LogP contribution in [0.15, 0.2) is 12.2 Å². The third-order valence-corrected chi connectivity index (χ3v) is 0.772. The molecule has 3 nitrogen and oxygen atoms in total. The van der Waals surface area contributed by atoms with Gasteiger partial charge in [0.2, 0.25) is 6.41 Å². The summed E-state index contributed by atoms with van der Waals surface area (Å²) in [7, 11) is 0. The molecule has 0 spiro atoms. The Morgan fingerprint density at radius 2 is 2.44 bits per heavy atom. The van der Waals surface area contributed by atoms with Crippen molar-refractivity contribution in [3.63, 3.8) is 0 Å². The molecule has 0 saturated heterocycles. The summed E-state index contributed by atoms with van der Waals surface area (Å²) < 4.78 is 0. The van der Waals surface area contributed by atoms with Crippen LogP contribution in [0, 0.1) is 11.3 Å². The second-order valence-electron chi connectivity index (χ2n) is 1.42. The van der Waals surface area contributed by atoms with Crippen LogP contribution in [0.4, 0.5) is 0 Å². The fraction of sp³-hybridized carbons (Fsp3) is 0.333. The van der Waals surface area contributed by atoms with E-state index >= 15 is 0 Å². The van der Waals surface area contributed by atoms with E-state index in [0.717, 1.165) is 0 Å². The number of nitrogens with one attached hydrogen (secondary N) is 1. The van der Waals surface area contributed by atoms with E-state index in [1.54, 1.807) is 19.1 Å². The van der Waals surface area contributed by atoms with Gasteiger partial charge >= 0.3 is 0 Å². The maximum absolute atomic E-state index is 9.75. The Labute approximate surface area is 54.0 Å². The molecular formula is C6H8N2O. The predicted molar refractivity (Wildman–Crippen MR) is 33.4 cm³/mol. The summed E-state index contributed by atoms with van der Waals surface area (Å²) in [4.78, 5) is 9.75. The maximum Gasteiger partial charge on any atom is 0.208 e. The molecule has 9 heavy (non-hydrogen) atoms. The van der Waals surface area contributed by atoms with E-state index in [2.05, 4.69) is 5.32 Å². The maximum atomic E-state index is 9.75. The molecule has 0 aromatic carbocycles. The molecule has 0 aromatic rings. The summed E-state index contributed by atoms with van der Waals surface area (Å²) >= 11 is 0. The van der Waals surface area contributed by atoms with Crippen LogP contribution in [0.1, 0.15) is 6.92 Å². The van der Waals surface area contributed by atoms with Gasteiger partial charge in [0.05, 0.1) is 6.07 Å². The van der Waals surface area contributed by atoms with Crippen molar-refractivity contribution in [1.29, 1.82) is 5.26 Å². The molecule has 0 rings (SSSR count). The van der Waals surface area contributed by atoms with Gasteiger partial charge in [-0.3, -0.25) is 4.79 Å². The average Bonchev–Trinajstić information content (AvgIpc) is 1.88. The number of nitrogens with zero attached hydrogens (tertiary/aromatic N) is 1. The molecular weight excluding hydrogens is 116 g/mol. The first kappa shape index (κ1) is 7.70. The van der Waals surface area contributed by atoms with Crippen molar-refractivity contribution in [3.8, 4) is 6.07 Å². The van der Waals surface area contributed by atoms with E-state index in [4.69, 9.17) is 5.26 Å². The number of allylic oxidation sites excluding steroid dienone is 1. The third-order valence-electron chi connectivity index (χ3n) is 0.772. The Hall–Kier alpha value is -1.30. The lowest BCUT2D eigenvalue weighted by molar-refractivity contribution is -0.109. The van der Waals surface area contributed by atoms with Crippen molar-refractivity contribution in [2.75, 3.05) is 0 Å². The van der Waals surface area contributed by atoms with Gasteiger partial charge in [-0.2, -0.15) is 5.26 Å². The normalized spacial score (nSPS) is 12.4. The minimum Gasteiger partial charge on any atom is -0.340 e. The van der Waals surface area contributed by atoms with Crippen LogP contribution in [0.5, 0.6) is 0 Å². The van der Waals surface area contributed by atoms with Gasteiger partial charge in [-0.05, 0) is 6.92 Å². The molecule has 1 N–H and O–H groups in total. The topological polar surface area (TPSA) is 52.9 Å². The Bertz CT molecular complexity index is 146. The first-order valence-electron chi connectivity index (χ1n) is 2.57. The number of amides is 1. The van der Waals surface area contributed by atoms with Crippen LogP contribution in [0.3, 0.4) is 0 Å². The number of hydrogen-bond acceptors (Lipinski definition) is 2. The predicted octanol–water partition coefficient (Wildman–Crippen LogP) is 0.201. The summed E-state index contributed by atoms with van der Waals surface area (Å²) in [6.07, 6.45) is 3.83. The quantitative estimate of drug-likeness (QED) is 0.431. The molecule has 3 heteroatoms. The van der Waals surface area contributed by atoms with E-state index in [-0.39, 0.29) is 0 Å². The zero-order valence-corrected chi connectivity index (χ0v) is 5.16. The highest BCUT2D eigenvalue weighted by atomic mass is 16.1. The third kappa shape index (κ3) is 3.30. The van der Waals surface area contributed by atoms with Gasteiger partial charge in [-0.25, -0.2) is 0 Å². The zero-order chi connectivity index (χ0) is 7.11. The van der Waals surface area contributed by atoms with Crippen LogP contribution in [-0.2, 0) is 4.79 Å². The molecule has 1 unspecified atom stereocenters. The van der Waals surface area contributed by atoms with Gasteiger partial charge in [0.25, 0.3) is 0 Å². The average molecular weight is 124 g/mol. The Kier molecular flexibility index (Phi) is 4.15. The van der Waals surface area contributed by atoms with Crippen molar-refractivity contribution >= 4 is 6.41 Å². The molecule has 0 aliphatic carbocycles. The summed E-state index contributed by atoms with van der Waals surface area (Å²) in [5.41, 5.74) is 0. The van der Waals surface area contributed by atoms with Crippen molar-refractivity contribution in [3.05, 3.63) is 12.2 Å². The van der Waals surface area contributed by atoms with Crippen molar-refractivity contribution in [2.45, 2.75) is 13.0 Å². The van der Waals surface area contributed by atoms with E-state index in [1.807, 2.05) is 6.07 Å². The summed E-state index contributed by atoms with van der Waals surface area (Å²) in [6, 6.07) is 1.40. The number of carbonyl (C=O) groups is 1. The van der Waals surface area contributed by atoms with E-state index in [0.29, 0.717) is 6.41 Å². The van der Waals surface area contributed by atoms with Crippen molar-refractivity contribution in [2.24, 2.45) is 0 Å². The molecule has 1 atom stereocenters. The van der Waals surface area contributed by atoms with Gasteiger partial charge in [-0.15, -0.1) is 0 Å². The lowest BCUT2D eigenvalue weighted by atomic mass is 10.3. The Morgan fingerprint density at radius 3 is 2.78 bits per heavy atom. The molecule has 1 amide bonds. The monoisotopic (exact) mass is 124 g/mol. The minimum absolute atomic E-state index is 0.479. The Morgan fingerprint density at radius 1 is 1.78 bits per heavy atom. The molecule has 0 aliphatic heterocycles. The largest absolute Gasteiger partial charge is 0.340 e. The standard InChI is InChI=1S/C6H8N2O/c1-2-3-6(4-7)8-5-9/h2-3,5-6H,1H3,(H,8,9)/b3-2+. The smallest absolute Gasteiger partial charge is 0.208 e. The fourth-order valence-electron chi connectivity index (χ4n) is 0.402. The fourth-order valence-corrected chi connectivity index (χ4v) is 0.402. The number of hydrogen-bond donors (Lipinski definition) is 1. The molecule has 48 valence electrons. The van der Waals surface area contributed by atoms with Crippen LogP contribution >= 0.6 is 0 Å². The molecule has 0 heterocycles. The molecule has 0 fully saturated rings. The SMILES string of the molecule is C/C=C/C(C#N)NC=O. The lowest BCUT2D eigenvalue weighted by Crippen LogP contribution is -2.23. The van der Waals surface area contributed by atoms with Gasteiger partial charge < -0.3 is 5.32 Å². The first-order chi connectivity index (χ1) is 4.35. The second kappa shape index (κ2) is 4.85. The van der Waals surface area contributed by atoms with E-state index in [1.165, 1.54) is 0 Å². The summed E-state index contributed by atoms with van der Waals surface area (Å²) in [6.45, 7) is 1.79. The van der Waals surface area contributed by atoms with Gasteiger partial charge in [-0.1, -0.05) is 12.2 Å². The highest BCUT2D eigenvalue weighted by molar-refractivity contribution is 5.48. The van der Waals surface area contributed by atoms with Crippen LogP contribution in [0.2, 0.25) is 0 Å². The summed E-state index contributed by atoms with van der Waals surface area (Å²) in [5, 5.41) is 10.6. The molecule has 0 aliphatic rings. The minimum atomic E-state index is -0.479. The van der Waals surface area contributed by atoms with Crippen molar-refractivity contribution < 1.29 is 4.79 Å². The van der Waals surface area contributed by atoms with Gasteiger partial charge in [0.1, 0.15) is 6.04 Å². The van der Waals surface area contributed by atoms with Crippen LogP contribution < -0.4 is 5.32 Å². The molecule has 0 bridgehead atoms. The first-order valence-corrected chi connectivity index (χ1v) is 2.57. The van der Waals surface area contributed by atoms with Crippen LogP contribution in [0.25, 0.3) is 0 Å². The highest BCUT2D eigenvalue weighted by Gasteiger charge is 1.95. The van der Waals surface area contributed by atoms with Crippen LogP contribution in [-0.4, -0.2) is 12.5 Å². The van der Waals surface area contributed by atoms with Gasteiger partial charge in [0, 0.05) is 0 Å². The Balaban J connectivity index is 3.71. The van der Waals surface area contributed by atoms with Crippen molar-refractivity contribution in [1.82, 2.24) is 5.32 Å². The summed E-state index contributed by atoms with van der Waals surface area (Å²) in [5.74, 6) is 0. The van der Waals surface area contributed by atoms with E-state index < -0.39 is 6.04 Å². The molecule has 0 radical (unpaired) electrons. The number of nitriles is 1. The molecule has 0 saturated carbocycles. The van der Waals surface area contributed by atoms with Gasteiger partial charge in [0.15, 0.2) is 0 Å². The lowest BCUT2D eigenvalue weighted by Gasteiger charge is -1.96. The second-order valence-corrected chi connectivity index (χ2v) is 1.42. The molecule has 0 aromatic heterocycles. The highest BCUT2D eigenvalue weighted by Crippen LogP contribution is 1.80. The number of rotatable bonds is 3. The number of carbonyl (C=O) groups excluding carboxylic acids is 1. The van der Waals surface area contributed by atoms with E-state index in [9.17, 15) is 4.79 Å².